The van der Waals surface area contributed by atoms with Crippen LogP contribution in [0.15, 0.2) is 48.8 Å². The Labute approximate surface area is 146 Å². The summed E-state index contributed by atoms with van der Waals surface area (Å²) >= 11 is 0. The summed E-state index contributed by atoms with van der Waals surface area (Å²) in [5.41, 5.74) is 0.541. The Balaban J connectivity index is 1.90. The summed E-state index contributed by atoms with van der Waals surface area (Å²) in [5, 5.41) is 12.1. The van der Waals surface area contributed by atoms with E-state index in [0.717, 1.165) is 0 Å². The molecule has 1 atom stereocenters. The van der Waals surface area contributed by atoms with Gasteiger partial charge in [-0.3, -0.25) is 9.78 Å². The predicted molar refractivity (Wildman–Crippen MR) is 93.7 cm³/mol. The summed E-state index contributed by atoms with van der Waals surface area (Å²) in [6.07, 6.45) is 6.68. The van der Waals surface area contributed by atoms with E-state index in [2.05, 4.69) is 10.3 Å². The number of aliphatic hydroxyl groups excluding tert-OH is 1. The minimum Gasteiger partial charge on any atom is -0.453 e. The third-order valence-corrected chi connectivity index (χ3v) is 3.49. The lowest BCUT2D eigenvalue weighted by atomic mass is 10.2. The third kappa shape index (κ3) is 6.35. The summed E-state index contributed by atoms with van der Waals surface area (Å²) in [6.45, 7) is 2.27. The molecule has 2 N–H and O–H groups in total. The number of carbonyl (C=O) groups excluding carboxylic acids is 1. The maximum absolute atomic E-state index is 14.1. The second kappa shape index (κ2) is 9.54. The van der Waals surface area contributed by atoms with Crippen molar-refractivity contribution in [2.45, 2.75) is 25.9 Å². The minimum absolute atomic E-state index is 0.0863. The van der Waals surface area contributed by atoms with Crippen molar-refractivity contribution >= 4 is 12.0 Å². The Kier molecular flexibility index (Phi) is 7.10. The van der Waals surface area contributed by atoms with Gasteiger partial charge in [-0.05, 0) is 48.7 Å². The molecule has 0 radical (unpaired) electrons. The highest BCUT2D eigenvalue weighted by molar-refractivity contribution is 5.91. The lowest BCUT2D eigenvalue weighted by Gasteiger charge is -2.07. The Morgan fingerprint density at radius 1 is 1.44 bits per heavy atom. The number of nitrogens with one attached hydrogen (secondary N) is 1. The fourth-order valence-electron chi connectivity index (χ4n) is 2.03. The molecule has 25 heavy (non-hydrogen) atoms. The topological polar surface area (TPSA) is 71.5 Å². The summed E-state index contributed by atoms with van der Waals surface area (Å²) < 4.78 is 19.5. The fraction of sp³-hybridized carbons (Fsp3) is 0.263. The van der Waals surface area contributed by atoms with Crippen molar-refractivity contribution in [3.63, 3.8) is 0 Å². The van der Waals surface area contributed by atoms with Crippen LogP contribution in [0.25, 0.3) is 6.08 Å². The molecule has 0 saturated carbocycles. The van der Waals surface area contributed by atoms with Gasteiger partial charge in [0.1, 0.15) is 5.75 Å². The zero-order valence-corrected chi connectivity index (χ0v) is 14.0. The normalized spacial score (nSPS) is 12.1. The summed E-state index contributed by atoms with van der Waals surface area (Å²) in [6, 6.07) is 7.82. The van der Waals surface area contributed by atoms with Crippen molar-refractivity contribution in [2.24, 2.45) is 0 Å². The molecule has 1 aromatic heterocycles. The molecule has 132 valence electrons. The second-order valence-electron chi connectivity index (χ2n) is 5.46. The number of rotatable bonds is 8. The first-order valence-corrected chi connectivity index (χ1v) is 8.10. The molecule has 0 spiro atoms. The number of amides is 1. The number of hydrogen-bond acceptors (Lipinski definition) is 4. The molecule has 1 unspecified atom stereocenters. The highest BCUT2D eigenvalue weighted by Crippen LogP contribution is 2.24. The van der Waals surface area contributed by atoms with Crippen molar-refractivity contribution < 1.29 is 19.0 Å². The Morgan fingerprint density at radius 2 is 2.28 bits per heavy atom. The lowest BCUT2D eigenvalue weighted by Crippen LogP contribution is -2.25. The average Bonchev–Trinajstić information content (AvgIpc) is 2.62. The van der Waals surface area contributed by atoms with Crippen LogP contribution in [0, 0.1) is 5.82 Å². The monoisotopic (exact) mass is 344 g/mol. The molecule has 0 aliphatic carbocycles. The molecule has 0 aliphatic heterocycles. The van der Waals surface area contributed by atoms with Crippen LogP contribution in [-0.4, -0.2) is 28.6 Å². The molecule has 0 fully saturated rings. The first-order chi connectivity index (χ1) is 12.1. The number of aliphatic hydroxyl groups is 1. The number of carbonyl (C=O) groups is 1. The van der Waals surface area contributed by atoms with E-state index in [1.54, 1.807) is 24.4 Å². The molecule has 0 saturated heterocycles. The van der Waals surface area contributed by atoms with E-state index in [-0.39, 0.29) is 11.7 Å². The number of halogens is 1. The maximum atomic E-state index is 14.1. The Morgan fingerprint density at radius 3 is 2.96 bits per heavy atom. The standard InChI is InChI=1S/C19H21FN2O3/c1-2-15(23)9-11-22-19(24)8-6-14-5-7-18(17(20)12-14)25-16-4-3-10-21-13-16/h3-8,10,12-13,15,23H,2,9,11H2,1H3,(H,22,24)/b8-6+. The molecule has 0 bridgehead atoms. The molecular weight excluding hydrogens is 323 g/mol. The summed E-state index contributed by atoms with van der Waals surface area (Å²) in [7, 11) is 0. The molecule has 2 aromatic rings. The molecule has 1 heterocycles. The second-order valence-corrected chi connectivity index (χ2v) is 5.46. The molecule has 2 rings (SSSR count). The Bertz CT molecular complexity index is 720. The fourth-order valence-corrected chi connectivity index (χ4v) is 2.03. The quantitative estimate of drug-likeness (QED) is 0.721. The van der Waals surface area contributed by atoms with Crippen LogP contribution in [0.5, 0.6) is 11.5 Å². The van der Waals surface area contributed by atoms with Crippen molar-refractivity contribution in [1.29, 1.82) is 0 Å². The van der Waals surface area contributed by atoms with Crippen LogP contribution in [0.2, 0.25) is 0 Å². The zero-order valence-electron chi connectivity index (χ0n) is 14.0. The molecule has 0 aliphatic rings. The number of nitrogens with zero attached hydrogens (tertiary/aromatic N) is 1. The summed E-state index contributed by atoms with van der Waals surface area (Å²) in [4.78, 5) is 15.6. The molecular formula is C19H21FN2O3. The number of ether oxygens (including phenoxy) is 1. The van der Waals surface area contributed by atoms with Gasteiger partial charge in [-0.15, -0.1) is 0 Å². The van der Waals surface area contributed by atoms with E-state index in [4.69, 9.17) is 4.74 Å². The number of pyridine rings is 1. The van der Waals surface area contributed by atoms with Gasteiger partial charge in [-0.2, -0.15) is 0 Å². The van der Waals surface area contributed by atoms with Crippen LogP contribution in [0.4, 0.5) is 4.39 Å². The van der Waals surface area contributed by atoms with E-state index in [1.807, 2.05) is 6.92 Å². The van der Waals surface area contributed by atoms with Crippen molar-refractivity contribution in [3.8, 4) is 11.5 Å². The average molecular weight is 344 g/mol. The van der Waals surface area contributed by atoms with Gasteiger partial charge in [0.05, 0.1) is 12.3 Å². The van der Waals surface area contributed by atoms with E-state index in [9.17, 15) is 14.3 Å². The summed E-state index contributed by atoms with van der Waals surface area (Å²) in [5.74, 6) is -0.293. The first-order valence-electron chi connectivity index (χ1n) is 8.10. The SMILES string of the molecule is CCC(O)CCNC(=O)/C=C/c1ccc(Oc2cccnc2)c(F)c1. The van der Waals surface area contributed by atoms with Crippen LogP contribution in [0.1, 0.15) is 25.3 Å². The van der Waals surface area contributed by atoms with Gasteiger partial charge in [0.2, 0.25) is 5.91 Å². The molecule has 1 amide bonds. The molecule has 5 nitrogen and oxygen atoms in total. The highest BCUT2D eigenvalue weighted by atomic mass is 19.1. The number of hydrogen-bond donors (Lipinski definition) is 2. The van der Waals surface area contributed by atoms with E-state index in [1.165, 1.54) is 30.5 Å². The van der Waals surface area contributed by atoms with Gasteiger partial charge in [0, 0.05) is 18.8 Å². The third-order valence-electron chi connectivity index (χ3n) is 3.49. The number of benzene rings is 1. The van der Waals surface area contributed by atoms with Crippen molar-refractivity contribution in [2.75, 3.05) is 6.54 Å². The Hall–Kier alpha value is -2.73. The minimum atomic E-state index is -0.530. The largest absolute Gasteiger partial charge is 0.453 e. The zero-order chi connectivity index (χ0) is 18.1. The van der Waals surface area contributed by atoms with Crippen LogP contribution in [-0.2, 0) is 4.79 Å². The maximum Gasteiger partial charge on any atom is 0.244 e. The number of aromatic nitrogens is 1. The van der Waals surface area contributed by atoms with E-state index in [0.29, 0.717) is 30.7 Å². The van der Waals surface area contributed by atoms with E-state index < -0.39 is 11.9 Å². The van der Waals surface area contributed by atoms with Crippen LogP contribution < -0.4 is 10.1 Å². The first kappa shape index (κ1) is 18.6. The van der Waals surface area contributed by atoms with Gasteiger partial charge in [-0.25, -0.2) is 4.39 Å². The van der Waals surface area contributed by atoms with Crippen molar-refractivity contribution in [1.82, 2.24) is 10.3 Å². The predicted octanol–water partition coefficient (Wildman–Crippen LogP) is 3.30. The highest BCUT2D eigenvalue weighted by Gasteiger charge is 2.06. The molecule has 6 heteroatoms. The van der Waals surface area contributed by atoms with E-state index >= 15 is 0 Å². The van der Waals surface area contributed by atoms with Gasteiger partial charge in [-0.1, -0.05) is 13.0 Å². The lowest BCUT2D eigenvalue weighted by molar-refractivity contribution is -0.116. The van der Waals surface area contributed by atoms with Gasteiger partial charge in [0.25, 0.3) is 0 Å². The van der Waals surface area contributed by atoms with Gasteiger partial charge < -0.3 is 15.2 Å². The van der Waals surface area contributed by atoms with Crippen LogP contribution in [0.3, 0.4) is 0 Å². The van der Waals surface area contributed by atoms with Crippen molar-refractivity contribution in [3.05, 3.63) is 60.2 Å². The smallest absolute Gasteiger partial charge is 0.244 e. The van der Waals surface area contributed by atoms with Gasteiger partial charge in [0.15, 0.2) is 11.6 Å². The van der Waals surface area contributed by atoms with Gasteiger partial charge >= 0.3 is 0 Å². The van der Waals surface area contributed by atoms with Crippen LogP contribution >= 0.6 is 0 Å². The molecule has 1 aromatic carbocycles.